The Labute approximate surface area is 400 Å². The van der Waals surface area contributed by atoms with E-state index in [9.17, 15) is 24.3 Å². The van der Waals surface area contributed by atoms with E-state index < -0.39 is 16.5 Å². The van der Waals surface area contributed by atoms with Crippen molar-refractivity contribution in [1.82, 2.24) is 21.3 Å². The fraction of sp³-hybridized carbons (Fsp3) is 0.423. The molecule has 4 heterocycles. The highest BCUT2D eigenvalue weighted by Gasteiger charge is 2.26. The smallest absolute Gasteiger partial charge is 0.407 e. The molecule has 5 aromatic rings. The number of nitrogens with zero attached hydrogens (tertiary/aromatic N) is 1. The van der Waals surface area contributed by atoms with E-state index in [-0.39, 0.29) is 35.8 Å². The number of phenolic OH excluding ortho intramolecular Hbond substituents is 1. The molecule has 0 aromatic heterocycles. The number of aromatic hydroxyl groups is 1. The van der Waals surface area contributed by atoms with Crippen LogP contribution in [0.15, 0.2) is 82.4 Å². The van der Waals surface area contributed by atoms with Gasteiger partial charge in [-0.2, -0.15) is 0 Å². The van der Waals surface area contributed by atoms with Crippen molar-refractivity contribution in [2.45, 2.75) is 124 Å². The highest BCUT2D eigenvalue weighted by molar-refractivity contribution is 5.85. The number of carbonyl (C=O) groups excluding carboxylic acids is 2. The van der Waals surface area contributed by atoms with Crippen LogP contribution in [0.5, 0.6) is 5.75 Å². The van der Waals surface area contributed by atoms with Crippen molar-refractivity contribution < 1.29 is 19.4 Å². The number of carbonyl (C=O) groups is 2. The maximum absolute atomic E-state index is 11.7. The number of ether oxygens (including phenoxy) is 1. The molecule has 2 amide bonds. The number of nitrogen functional groups attached to an aromatic ring is 1. The van der Waals surface area contributed by atoms with Gasteiger partial charge in [-0.1, -0.05) is 60.7 Å². The number of fused-ring (bicyclic) bond motifs is 4. The number of amides is 2. The van der Waals surface area contributed by atoms with Crippen molar-refractivity contribution in [3.05, 3.63) is 154 Å². The molecule has 5 aromatic carbocycles. The fourth-order valence-electron chi connectivity index (χ4n) is 8.55. The standard InChI is InChI=1S/C16H24N2O2.C15H17N3O2.C11H16N2.C10H11NO2.ClH/c1-16(2,3)20-15(19)18-10-12-6-7-13-5-4-8-17-11-14(13)9-12;16-7-9-3-4-10-2-1-5-18(8-11(10)6-9)13-12(17)14(19)15(13)20;12-7-9-3-4-10-2-1-5-13-8-11(10)6-9;12-9-3-1-7-2-4-10(13)11-6-8(7)5-9;/h6-7,9,17H,4-5,8,10-11H2,1-3H3,(H,18,19);3-4,6H,1-2,5,7-8,16-17H2;3-4,6,13H,1-2,5,7-8,12H2;1,3,5,12H,2,4,6H2,(H,11,13);1H. The number of halogens is 1. The van der Waals surface area contributed by atoms with Gasteiger partial charge in [-0.15, -0.1) is 12.4 Å². The van der Waals surface area contributed by atoms with Gasteiger partial charge in [0.1, 0.15) is 22.7 Å². The van der Waals surface area contributed by atoms with Crippen molar-refractivity contribution in [2.24, 2.45) is 11.5 Å². The first-order valence-electron chi connectivity index (χ1n) is 23.2. The van der Waals surface area contributed by atoms with Crippen LogP contribution in [0.2, 0.25) is 0 Å². The number of phenols is 1. The summed E-state index contributed by atoms with van der Waals surface area (Å²) in [6, 6.07) is 24.5. The average Bonchev–Trinajstić information content (AvgIpc) is 3.85. The van der Waals surface area contributed by atoms with Gasteiger partial charge in [0.05, 0.1) is 0 Å². The minimum absolute atomic E-state index is 0. The van der Waals surface area contributed by atoms with E-state index in [1.54, 1.807) is 12.1 Å². The minimum Gasteiger partial charge on any atom is -0.508 e. The lowest BCUT2D eigenvalue weighted by Gasteiger charge is -2.25. The molecule has 0 radical (unpaired) electrons. The van der Waals surface area contributed by atoms with Gasteiger partial charge in [0.2, 0.25) is 5.91 Å². The molecule has 67 heavy (non-hydrogen) atoms. The lowest BCUT2D eigenvalue weighted by Crippen LogP contribution is -2.42. The van der Waals surface area contributed by atoms with Gasteiger partial charge in [0, 0.05) is 58.8 Å². The normalized spacial score (nSPS) is 15.3. The molecule has 360 valence electrons. The largest absolute Gasteiger partial charge is 0.508 e. The number of anilines is 2. The van der Waals surface area contributed by atoms with Crippen LogP contribution in [0.1, 0.15) is 108 Å². The van der Waals surface area contributed by atoms with Gasteiger partial charge in [-0.05, 0) is 152 Å². The van der Waals surface area contributed by atoms with Crippen molar-refractivity contribution in [3.63, 3.8) is 0 Å². The first-order chi connectivity index (χ1) is 31.7. The summed E-state index contributed by atoms with van der Waals surface area (Å²) in [5, 5.41) is 21.6. The summed E-state index contributed by atoms with van der Waals surface area (Å²) in [5.74, 6) is 0.339. The summed E-state index contributed by atoms with van der Waals surface area (Å²) < 4.78 is 5.23. The van der Waals surface area contributed by atoms with Crippen LogP contribution in [0.3, 0.4) is 0 Å². The van der Waals surface area contributed by atoms with Gasteiger partial charge in [-0.3, -0.25) is 14.4 Å². The van der Waals surface area contributed by atoms with Crippen LogP contribution < -0.4 is 54.2 Å². The summed E-state index contributed by atoms with van der Waals surface area (Å²) in [4.78, 5) is 47.6. The van der Waals surface area contributed by atoms with Gasteiger partial charge in [0.25, 0.3) is 10.9 Å². The Kier molecular flexibility index (Phi) is 19.4. The SMILES string of the molecule is CC(C)(C)OC(=O)NCc1ccc2c(c1)CNCCC2.Cl.NCc1ccc2c(c1)CN(c1c(N)c(=O)c1=O)CCC2.NCc1ccc2c(c1)CNCCC2.O=C1CCc2ccc(O)cc2CN1. The predicted octanol–water partition coefficient (Wildman–Crippen LogP) is 5.58. The third-order valence-corrected chi connectivity index (χ3v) is 12.1. The summed E-state index contributed by atoms with van der Waals surface area (Å²) >= 11 is 0. The molecule has 4 aliphatic rings. The molecule has 4 aliphatic heterocycles. The van der Waals surface area contributed by atoms with E-state index in [1.165, 1.54) is 52.6 Å². The molecule has 0 unspecified atom stereocenters. The van der Waals surface area contributed by atoms with Gasteiger partial charge < -0.3 is 53.2 Å². The van der Waals surface area contributed by atoms with Crippen LogP contribution in [-0.4, -0.2) is 42.3 Å². The van der Waals surface area contributed by atoms with Gasteiger partial charge in [-0.25, -0.2) is 4.79 Å². The Balaban J connectivity index is 0.000000170. The van der Waals surface area contributed by atoms with E-state index in [2.05, 4.69) is 69.8 Å². The summed E-state index contributed by atoms with van der Waals surface area (Å²) in [6.07, 6.45) is 7.59. The van der Waals surface area contributed by atoms with Crippen LogP contribution in [0, 0.1) is 0 Å². The van der Waals surface area contributed by atoms with Crippen LogP contribution in [0.25, 0.3) is 0 Å². The topological polar surface area (TPSA) is 227 Å². The third kappa shape index (κ3) is 15.1. The van der Waals surface area contributed by atoms with Gasteiger partial charge in [0.15, 0.2) is 0 Å². The third-order valence-electron chi connectivity index (χ3n) is 12.1. The highest BCUT2D eigenvalue weighted by atomic mass is 35.5. The van der Waals surface area contributed by atoms with E-state index in [4.69, 9.17) is 21.9 Å². The molecule has 14 nitrogen and oxygen atoms in total. The van der Waals surface area contributed by atoms with Crippen molar-refractivity contribution in [3.8, 4) is 5.75 Å². The molecule has 0 bridgehead atoms. The highest BCUT2D eigenvalue weighted by Crippen LogP contribution is 2.26. The second-order valence-electron chi connectivity index (χ2n) is 18.3. The zero-order valence-electron chi connectivity index (χ0n) is 39.2. The first kappa shape index (κ1) is 52.2. The summed E-state index contributed by atoms with van der Waals surface area (Å²) in [5.41, 5.74) is 29.7. The number of hydrogen-bond donors (Lipinski definition) is 8. The Morgan fingerprint density at radius 2 is 1.19 bits per heavy atom. The molecule has 9 rings (SSSR count). The predicted molar refractivity (Wildman–Crippen MR) is 269 cm³/mol. The maximum atomic E-state index is 11.7. The summed E-state index contributed by atoms with van der Waals surface area (Å²) in [6.45, 7) is 13.2. The van der Waals surface area contributed by atoms with Gasteiger partial charge >= 0.3 is 6.09 Å². The lowest BCUT2D eigenvalue weighted by atomic mass is 10.0. The van der Waals surface area contributed by atoms with Crippen LogP contribution >= 0.6 is 12.4 Å². The first-order valence-corrected chi connectivity index (χ1v) is 23.2. The second-order valence-corrected chi connectivity index (χ2v) is 18.3. The zero-order chi connectivity index (χ0) is 47.2. The van der Waals surface area contributed by atoms with E-state index in [0.29, 0.717) is 44.8 Å². The molecule has 0 fully saturated rings. The quantitative estimate of drug-likeness (QED) is 0.101. The zero-order valence-corrected chi connectivity index (χ0v) is 40.0. The van der Waals surface area contributed by atoms with E-state index in [0.717, 1.165) is 86.2 Å². The molecule has 0 saturated heterocycles. The van der Waals surface area contributed by atoms with Crippen molar-refractivity contribution >= 4 is 35.8 Å². The number of hydrogen-bond acceptors (Lipinski definition) is 12. The molecular formula is C52H69ClN8O6. The van der Waals surface area contributed by atoms with Crippen LogP contribution in [-0.2, 0) is 81.0 Å². The molecule has 0 spiro atoms. The van der Waals surface area contributed by atoms with E-state index >= 15 is 0 Å². The fourth-order valence-corrected chi connectivity index (χ4v) is 8.55. The number of nitrogens with two attached hydrogens (primary N) is 3. The molecule has 0 atom stereocenters. The number of nitrogens with one attached hydrogen (secondary N) is 4. The van der Waals surface area contributed by atoms with E-state index in [1.807, 2.05) is 37.8 Å². The average molecular weight is 938 g/mol. The van der Waals surface area contributed by atoms with Crippen molar-refractivity contribution in [2.75, 3.05) is 30.3 Å². The second kappa shape index (κ2) is 24.8. The molecular weight excluding hydrogens is 868 g/mol. The summed E-state index contributed by atoms with van der Waals surface area (Å²) in [7, 11) is 0. The molecule has 11 N–H and O–H groups in total. The lowest BCUT2D eigenvalue weighted by molar-refractivity contribution is -0.121. The molecule has 15 heteroatoms. The Hall–Kier alpha value is -5.77. The monoisotopic (exact) mass is 937 g/mol. The number of rotatable bonds is 5. The maximum Gasteiger partial charge on any atom is 0.407 e. The number of alkyl carbamates (subject to hydrolysis) is 1. The molecule has 0 saturated carbocycles. The Morgan fingerprint density at radius 1 is 0.672 bits per heavy atom. The molecule has 0 aliphatic carbocycles. The van der Waals surface area contributed by atoms with Crippen LogP contribution in [0.4, 0.5) is 16.2 Å². The minimum atomic E-state index is -0.555. The number of benzene rings is 4. The van der Waals surface area contributed by atoms with Crippen molar-refractivity contribution in [1.29, 1.82) is 0 Å². The Bertz CT molecular complexity index is 2530. The Morgan fingerprint density at radius 3 is 1.79 bits per heavy atom. The number of aryl methyl sites for hydroxylation is 4.